The Morgan fingerprint density at radius 2 is 2.00 bits per heavy atom. The van der Waals surface area contributed by atoms with Gasteiger partial charge in [-0.1, -0.05) is 44.7 Å². The molecule has 0 aromatic carbocycles. The van der Waals surface area contributed by atoms with Crippen LogP contribution in [0.5, 0.6) is 0 Å². The fraction of sp³-hybridized carbons (Fsp3) is 0.455. The van der Waals surface area contributed by atoms with Crippen LogP contribution in [-0.4, -0.2) is 12.0 Å². The molecule has 0 radical (unpaired) electrons. The van der Waals surface area contributed by atoms with Crippen LogP contribution in [0.2, 0.25) is 0 Å². The fourth-order valence-corrected chi connectivity index (χ4v) is 1.18. The summed E-state index contributed by atoms with van der Waals surface area (Å²) < 4.78 is 0. The van der Waals surface area contributed by atoms with Gasteiger partial charge in [0.25, 0.3) is 0 Å². The smallest absolute Gasteiger partial charge is 0.0178 e. The number of allylic oxidation sites excluding steroid dienone is 4. The summed E-state index contributed by atoms with van der Waals surface area (Å²) in [6.07, 6.45) is 10.1. The Hall–Kier alpha value is -0.430. The van der Waals surface area contributed by atoms with E-state index in [-0.39, 0.29) is 0 Å². The molecule has 0 heterocycles. The molecule has 0 saturated carbocycles. The Kier molecular flexibility index (Phi) is 15.5. The lowest BCUT2D eigenvalue weighted by atomic mass is 10.2. The molecule has 0 unspecified atom stereocenters. The molecule has 70 valence electrons. The van der Waals surface area contributed by atoms with Gasteiger partial charge in [0.05, 0.1) is 0 Å². The molecule has 0 aliphatic rings. The predicted molar refractivity (Wildman–Crippen MR) is 62.8 cm³/mol. The lowest BCUT2D eigenvalue weighted by Gasteiger charge is -1.94. The van der Waals surface area contributed by atoms with Crippen LogP contribution in [-0.2, 0) is 0 Å². The van der Waals surface area contributed by atoms with Crippen molar-refractivity contribution in [3.8, 4) is 0 Å². The first-order valence-corrected chi connectivity index (χ1v) is 5.67. The van der Waals surface area contributed by atoms with E-state index in [1.807, 2.05) is 31.7 Å². The van der Waals surface area contributed by atoms with Crippen LogP contribution in [0, 0.1) is 0 Å². The Balaban J connectivity index is 0. The third-order valence-corrected chi connectivity index (χ3v) is 1.75. The van der Waals surface area contributed by atoms with E-state index in [0.717, 1.165) is 5.75 Å². The molecule has 0 aromatic heterocycles. The van der Waals surface area contributed by atoms with Crippen LogP contribution in [0.15, 0.2) is 36.5 Å². The molecule has 12 heavy (non-hydrogen) atoms. The molecule has 0 amide bonds. The second-order valence-corrected chi connectivity index (χ2v) is 2.76. The highest BCUT2D eigenvalue weighted by Gasteiger charge is 1.85. The average molecular weight is 184 g/mol. The van der Waals surface area contributed by atoms with Crippen molar-refractivity contribution in [2.45, 2.75) is 20.8 Å². The zero-order valence-corrected chi connectivity index (χ0v) is 9.45. The maximum atomic E-state index is 3.61. The van der Waals surface area contributed by atoms with Gasteiger partial charge in [-0.05, 0) is 18.8 Å². The van der Waals surface area contributed by atoms with Crippen molar-refractivity contribution in [2.24, 2.45) is 0 Å². The van der Waals surface area contributed by atoms with E-state index in [9.17, 15) is 0 Å². The maximum absolute atomic E-state index is 3.61. The first kappa shape index (κ1) is 14.1. The standard InChI is InChI=1S/C9H14S.C2H6/c1-4-6-7-9(5-2)8-10-3;1-2/h4-7H,1,8H2,2-3H3;1-2H3/b7-6-,9-5+;. The van der Waals surface area contributed by atoms with Crippen LogP contribution < -0.4 is 0 Å². The SMILES string of the molecule is C=C/C=C\C(=C/C)CSC.CC. The van der Waals surface area contributed by atoms with Crippen LogP contribution in [0.3, 0.4) is 0 Å². The summed E-state index contributed by atoms with van der Waals surface area (Å²) in [6, 6.07) is 0. The van der Waals surface area contributed by atoms with Crippen molar-refractivity contribution in [1.82, 2.24) is 0 Å². The van der Waals surface area contributed by atoms with Crippen molar-refractivity contribution in [2.75, 3.05) is 12.0 Å². The van der Waals surface area contributed by atoms with Crippen molar-refractivity contribution >= 4 is 11.8 Å². The lowest BCUT2D eigenvalue weighted by molar-refractivity contribution is 1.50. The average Bonchev–Trinajstić information content (AvgIpc) is 2.15. The minimum absolute atomic E-state index is 1.08. The molecular weight excluding hydrogens is 164 g/mol. The molecule has 0 aromatic rings. The summed E-state index contributed by atoms with van der Waals surface area (Å²) >= 11 is 1.83. The van der Waals surface area contributed by atoms with E-state index in [2.05, 4.69) is 31.9 Å². The Labute approximate surface area is 81.4 Å². The maximum Gasteiger partial charge on any atom is 0.0178 e. The number of thioether (sulfide) groups is 1. The van der Waals surface area contributed by atoms with E-state index < -0.39 is 0 Å². The highest BCUT2D eigenvalue weighted by molar-refractivity contribution is 7.98. The van der Waals surface area contributed by atoms with Gasteiger partial charge in [-0.2, -0.15) is 11.8 Å². The van der Waals surface area contributed by atoms with Gasteiger partial charge in [-0.3, -0.25) is 0 Å². The summed E-state index contributed by atoms with van der Waals surface area (Å²) in [5.41, 5.74) is 1.35. The first-order valence-electron chi connectivity index (χ1n) is 4.28. The monoisotopic (exact) mass is 184 g/mol. The van der Waals surface area contributed by atoms with Gasteiger partial charge >= 0.3 is 0 Å². The zero-order chi connectivity index (χ0) is 9.82. The van der Waals surface area contributed by atoms with E-state index in [1.54, 1.807) is 6.08 Å². The van der Waals surface area contributed by atoms with Crippen LogP contribution in [0.4, 0.5) is 0 Å². The molecule has 1 heteroatoms. The second-order valence-electron chi connectivity index (χ2n) is 1.89. The minimum atomic E-state index is 1.08. The van der Waals surface area contributed by atoms with Gasteiger partial charge in [0.2, 0.25) is 0 Å². The lowest BCUT2D eigenvalue weighted by Crippen LogP contribution is -1.79. The third kappa shape index (κ3) is 9.57. The molecule has 0 atom stereocenters. The van der Waals surface area contributed by atoms with Gasteiger partial charge in [-0.25, -0.2) is 0 Å². The van der Waals surface area contributed by atoms with Gasteiger partial charge in [0, 0.05) is 5.75 Å². The van der Waals surface area contributed by atoms with Crippen LogP contribution in [0.1, 0.15) is 20.8 Å². The fourth-order valence-electron chi connectivity index (χ4n) is 0.586. The van der Waals surface area contributed by atoms with Crippen molar-refractivity contribution in [3.05, 3.63) is 36.5 Å². The summed E-state index contributed by atoms with van der Waals surface area (Å²) in [5, 5.41) is 0. The van der Waals surface area contributed by atoms with Crippen molar-refractivity contribution in [1.29, 1.82) is 0 Å². The van der Waals surface area contributed by atoms with Crippen molar-refractivity contribution < 1.29 is 0 Å². The minimum Gasteiger partial charge on any atom is -0.161 e. The topological polar surface area (TPSA) is 0 Å². The predicted octanol–water partition coefficient (Wildman–Crippen LogP) is 4.06. The van der Waals surface area contributed by atoms with Gasteiger partial charge in [0.1, 0.15) is 0 Å². The van der Waals surface area contributed by atoms with Crippen molar-refractivity contribution in [3.63, 3.8) is 0 Å². The molecule has 0 saturated heterocycles. The third-order valence-electron chi connectivity index (χ3n) is 1.13. The number of hydrogen-bond acceptors (Lipinski definition) is 1. The normalized spacial score (nSPS) is 10.8. The van der Waals surface area contributed by atoms with E-state index >= 15 is 0 Å². The van der Waals surface area contributed by atoms with Gasteiger partial charge in [0.15, 0.2) is 0 Å². The van der Waals surface area contributed by atoms with Gasteiger partial charge in [-0.15, -0.1) is 0 Å². The molecular formula is C11H20S. The molecule has 0 N–H and O–H groups in total. The molecule has 0 fully saturated rings. The molecule has 0 aliphatic heterocycles. The first-order chi connectivity index (χ1) is 5.85. The second kappa shape index (κ2) is 13.2. The Bertz CT molecular complexity index is 143. The largest absolute Gasteiger partial charge is 0.161 e. The highest BCUT2D eigenvalue weighted by Crippen LogP contribution is 2.04. The molecule has 0 aliphatic carbocycles. The highest BCUT2D eigenvalue weighted by atomic mass is 32.2. The molecule has 0 nitrogen and oxygen atoms in total. The van der Waals surface area contributed by atoms with Crippen LogP contribution >= 0.6 is 11.8 Å². The number of rotatable bonds is 4. The van der Waals surface area contributed by atoms with E-state index in [4.69, 9.17) is 0 Å². The number of hydrogen-bond donors (Lipinski definition) is 0. The Morgan fingerprint density at radius 3 is 2.33 bits per heavy atom. The Morgan fingerprint density at radius 1 is 1.42 bits per heavy atom. The zero-order valence-electron chi connectivity index (χ0n) is 8.63. The van der Waals surface area contributed by atoms with Crippen LogP contribution in [0.25, 0.3) is 0 Å². The molecule has 0 bridgehead atoms. The quantitative estimate of drug-likeness (QED) is 0.594. The summed E-state index contributed by atoms with van der Waals surface area (Å²) in [5.74, 6) is 1.08. The molecule has 0 rings (SSSR count). The van der Waals surface area contributed by atoms with Gasteiger partial charge < -0.3 is 0 Å². The van der Waals surface area contributed by atoms with E-state index in [1.165, 1.54) is 5.57 Å². The summed E-state index contributed by atoms with van der Waals surface area (Å²) in [4.78, 5) is 0. The summed E-state index contributed by atoms with van der Waals surface area (Å²) in [7, 11) is 0. The molecule has 0 spiro atoms. The summed E-state index contributed by atoms with van der Waals surface area (Å²) in [6.45, 7) is 9.66. The van der Waals surface area contributed by atoms with E-state index in [0.29, 0.717) is 0 Å².